The fraction of sp³-hybridized carbons (Fsp3) is 0.429. The van der Waals surface area contributed by atoms with Crippen molar-refractivity contribution in [2.75, 3.05) is 5.32 Å². The highest BCUT2D eigenvalue weighted by molar-refractivity contribution is 5.94. The van der Waals surface area contributed by atoms with Crippen molar-refractivity contribution in [3.8, 4) is 0 Å². The average Bonchev–Trinajstić information content (AvgIpc) is 2.27. The fourth-order valence-corrected chi connectivity index (χ4v) is 1.31. The first-order chi connectivity index (χ1) is 8.31. The van der Waals surface area contributed by atoms with Gasteiger partial charge in [-0.2, -0.15) is 0 Å². The van der Waals surface area contributed by atoms with E-state index in [1.165, 1.54) is 0 Å². The van der Waals surface area contributed by atoms with E-state index >= 15 is 0 Å². The molecular weight excluding hydrogens is 230 g/mol. The Balaban J connectivity index is 2.82. The molecule has 0 heterocycles. The molecule has 0 fully saturated rings. The molecule has 0 aliphatic carbocycles. The van der Waals surface area contributed by atoms with E-state index in [0.717, 1.165) is 0 Å². The van der Waals surface area contributed by atoms with Crippen LogP contribution in [0.4, 0.5) is 5.69 Å². The lowest BCUT2D eigenvalue weighted by Crippen LogP contribution is -2.24. The van der Waals surface area contributed by atoms with Crippen LogP contribution in [0.1, 0.15) is 44.5 Å². The lowest BCUT2D eigenvalue weighted by Gasteiger charge is -2.19. The largest absolute Gasteiger partial charge is 0.456 e. The van der Waals surface area contributed by atoms with E-state index < -0.39 is 11.6 Å². The SMILES string of the molecule is CCC(=O)Nc1cccc(C(=O)OC(C)(C)C)c1. The smallest absolute Gasteiger partial charge is 0.338 e. The second kappa shape index (κ2) is 5.67. The normalized spacial score (nSPS) is 10.9. The molecule has 0 radical (unpaired) electrons. The van der Waals surface area contributed by atoms with Crippen molar-refractivity contribution >= 4 is 17.6 Å². The third-order valence-corrected chi connectivity index (χ3v) is 2.10. The Morgan fingerprint density at radius 2 is 1.94 bits per heavy atom. The number of benzene rings is 1. The minimum absolute atomic E-state index is 0.0867. The Morgan fingerprint density at radius 3 is 2.50 bits per heavy atom. The number of amides is 1. The van der Waals surface area contributed by atoms with Gasteiger partial charge in [-0.3, -0.25) is 4.79 Å². The highest BCUT2D eigenvalue weighted by Crippen LogP contribution is 2.15. The van der Waals surface area contributed by atoms with Crippen molar-refractivity contribution < 1.29 is 14.3 Å². The van der Waals surface area contributed by atoms with Crippen LogP contribution in [-0.4, -0.2) is 17.5 Å². The van der Waals surface area contributed by atoms with E-state index in [1.807, 2.05) is 20.8 Å². The van der Waals surface area contributed by atoms with Crippen LogP contribution in [0, 0.1) is 0 Å². The van der Waals surface area contributed by atoms with Crippen LogP contribution in [0.25, 0.3) is 0 Å². The molecule has 0 atom stereocenters. The summed E-state index contributed by atoms with van der Waals surface area (Å²) in [6.07, 6.45) is 0.399. The molecule has 0 aliphatic rings. The zero-order chi connectivity index (χ0) is 13.8. The topological polar surface area (TPSA) is 55.4 Å². The molecule has 0 spiro atoms. The quantitative estimate of drug-likeness (QED) is 0.838. The molecule has 0 bridgehead atoms. The van der Waals surface area contributed by atoms with Crippen molar-refractivity contribution in [2.24, 2.45) is 0 Å². The van der Waals surface area contributed by atoms with E-state index in [2.05, 4.69) is 5.32 Å². The van der Waals surface area contributed by atoms with E-state index in [4.69, 9.17) is 4.74 Å². The average molecular weight is 249 g/mol. The number of carbonyl (C=O) groups is 2. The van der Waals surface area contributed by atoms with Gasteiger partial charge < -0.3 is 10.1 Å². The zero-order valence-corrected chi connectivity index (χ0v) is 11.2. The summed E-state index contributed by atoms with van der Waals surface area (Å²) < 4.78 is 5.26. The van der Waals surface area contributed by atoms with Crippen LogP contribution in [0.2, 0.25) is 0 Å². The summed E-state index contributed by atoms with van der Waals surface area (Å²) in [5.74, 6) is -0.480. The predicted octanol–water partition coefficient (Wildman–Crippen LogP) is 2.99. The number of anilines is 1. The molecule has 0 aliphatic heterocycles. The van der Waals surface area contributed by atoms with Gasteiger partial charge in [-0.1, -0.05) is 13.0 Å². The van der Waals surface area contributed by atoms with Gasteiger partial charge in [0, 0.05) is 12.1 Å². The highest BCUT2D eigenvalue weighted by Gasteiger charge is 2.18. The van der Waals surface area contributed by atoms with Crippen molar-refractivity contribution in [3.63, 3.8) is 0 Å². The van der Waals surface area contributed by atoms with Gasteiger partial charge in [0.2, 0.25) is 5.91 Å². The maximum absolute atomic E-state index is 11.8. The minimum Gasteiger partial charge on any atom is -0.456 e. The Kier molecular flexibility index (Phi) is 4.48. The standard InChI is InChI=1S/C14H19NO3/c1-5-12(16)15-11-8-6-7-10(9-11)13(17)18-14(2,3)4/h6-9H,5H2,1-4H3,(H,15,16). The van der Waals surface area contributed by atoms with Crippen LogP contribution in [0.3, 0.4) is 0 Å². The first-order valence-electron chi connectivity index (χ1n) is 5.95. The summed E-state index contributed by atoms with van der Waals surface area (Å²) in [6, 6.07) is 6.73. The third-order valence-electron chi connectivity index (χ3n) is 2.10. The van der Waals surface area contributed by atoms with Gasteiger partial charge in [0.25, 0.3) is 0 Å². The maximum Gasteiger partial charge on any atom is 0.338 e. The number of esters is 1. The molecule has 0 unspecified atom stereocenters. The van der Waals surface area contributed by atoms with Gasteiger partial charge in [-0.25, -0.2) is 4.79 Å². The van der Waals surface area contributed by atoms with Gasteiger partial charge in [0.1, 0.15) is 5.60 Å². The number of hydrogen-bond donors (Lipinski definition) is 1. The number of hydrogen-bond acceptors (Lipinski definition) is 3. The first-order valence-corrected chi connectivity index (χ1v) is 5.95. The van der Waals surface area contributed by atoms with E-state index in [-0.39, 0.29) is 5.91 Å². The van der Waals surface area contributed by atoms with Crippen molar-refractivity contribution in [2.45, 2.75) is 39.7 Å². The van der Waals surface area contributed by atoms with Crippen molar-refractivity contribution in [1.29, 1.82) is 0 Å². The number of carbonyl (C=O) groups excluding carboxylic acids is 2. The van der Waals surface area contributed by atoms with Crippen LogP contribution in [0.5, 0.6) is 0 Å². The second-order valence-electron chi connectivity index (χ2n) is 4.98. The Bertz CT molecular complexity index is 447. The summed E-state index contributed by atoms with van der Waals surface area (Å²) >= 11 is 0. The van der Waals surface area contributed by atoms with Crippen LogP contribution in [-0.2, 0) is 9.53 Å². The molecule has 1 aromatic rings. The Morgan fingerprint density at radius 1 is 1.28 bits per heavy atom. The monoisotopic (exact) mass is 249 g/mol. The van der Waals surface area contributed by atoms with E-state index in [0.29, 0.717) is 17.7 Å². The lowest BCUT2D eigenvalue weighted by molar-refractivity contribution is -0.115. The molecule has 0 saturated heterocycles. The summed E-state index contributed by atoms with van der Waals surface area (Å²) in [5.41, 5.74) is 0.503. The van der Waals surface area contributed by atoms with Crippen molar-refractivity contribution in [3.05, 3.63) is 29.8 Å². The fourth-order valence-electron chi connectivity index (χ4n) is 1.31. The van der Waals surface area contributed by atoms with Gasteiger partial charge in [-0.15, -0.1) is 0 Å². The molecular formula is C14H19NO3. The lowest BCUT2D eigenvalue weighted by atomic mass is 10.1. The number of ether oxygens (including phenoxy) is 1. The summed E-state index contributed by atoms with van der Waals surface area (Å²) in [5, 5.41) is 2.70. The Labute approximate surface area is 107 Å². The third kappa shape index (κ3) is 4.57. The number of nitrogens with one attached hydrogen (secondary N) is 1. The molecule has 1 N–H and O–H groups in total. The van der Waals surface area contributed by atoms with Gasteiger partial charge in [0.05, 0.1) is 5.56 Å². The molecule has 4 nitrogen and oxygen atoms in total. The summed E-state index contributed by atoms with van der Waals surface area (Å²) in [4.78, 5) is 23.1. The number of rotatable bonds is 3. The van der Waals surface area contributed by atoms with Crippen LogP contribution < -0.4 is 5.32 Å². The predicted molar refractivity (Wildman–Crippen MR) is 70.5 cm³/mol. The van der Waals surface area contributed by atoms with E-state index in [9.17, 15) is 9.59 Å². The molecule has 4 heteroatoms. The molecule has 18 heavy (non-hydrogen) atoms. The van der Waals surface area contributed by atoms with Gasteiger partial charge in [-0.05, 0) is 39.0 Å². The van der Waals surface area contributed by atoms with Crippen LogP contribution >= 0.6 is 0 Å². The molecule has 0 aromatic heterocycles. The van der Waals surface area contributed by atoms with Gasteiger partial charge >= 0.3 is 5.97 Å². The van der Waals surface area contributed by atoms with E-state index in [1.54, 1.807) is 31.2 Å². The van der Waals surface area contributed by atoms with Crippen molar-refractivity contribution in [1.82, 2.24) is 0 Å². The molecule has 1 rings (SSSR count). The Hall–Kier alpha value is -1.84. The summed E-state index contributed by atoms with van der Waals surface area (Å²) in [7, 11) is 0. The molecule has 1 aromatic carbocycles. The maximum atomic E-state index is 11.8. The highest BCUT2D eigenvalue weighted by atomic mass is 16.6. The first kappa shape index (κ1) is 14.2. The minimum atomic E-state index is -0.528. The van der Waals surface area contributed by atoms with Gasteiger partial charge in [0.15, 0.2) is 0 Å². The molecule has 1 amide bonds. The summed E-state index contributed by atoms with van der Waals surface area (Å²) in [6.45, 7) is 7.21. The van der Waals surface area contributed by atoms with Crippen LogP contribution in [0.15, 0.2) is 24.3 Å². The molecule has 0 saturated carbocycles. The molecule has 98 valence electrons. The zero-order valence-electron chi connectivity index (χ0n) is 11.2. The second-order valence-corrected chi connectivity index (χ2v) is 4.98.